The van der Waals surface area contributed by atoms with Crippen LogP contribution in [-0.2, 0) is 13.0 Å². The van der Waals surface area contributed by atoms with Crippen LogP contribution in [0.3, 0.4) is 0 Å². The number of hydrogen-bond donors (Lipinski definition) is 1. The summed E-state index contributed by atoms with van der Waals surface area (Å²) in [6.45, 7) is 2.63. The van der Waals surface area contributed by atoms with Crippen molar-refractivity contribution >= 4 is 0 Å². The zero-order valence-electron chi connectivity index (χ0n) is 11.5. The van der Waals surface area contributed by atoms with Crippen LogP contribution in [0.1, 0.15) is 44.3 Å². The lowest BCUT2D eigenvalue weighted by Crippen LogP contribution is -2.09. The summed E-state index contributed by atoms with van der Waals surface area (Å²) in [4.78, 5) is 0. The maximum atomic E-state index is 5.75. The molecule has 2 aromatic rings. The summed E-state index contributed by atoms with van der Waals surface area (Å²) >= 11 is 0. The van der Waals surface area contributed by atoms with Gasteiger partial charge in [-0.1, -0.05) is 44.4 Å². The van der Waals surface area contributed by atoms with Crippen LogP contribution in [0.15, 0.2) is 30.3 Å². The molecule has 102 valence electrons. The van der Waals surface area contributed by atoms with Crippen molar-refractivity contribution in [3.05, 3.63) is 42.0 Å². The highest BCUT2D eigenvalue weighted by atomic mass is 15.3. The second-order valence-corrected chi connectivity index (χ2v) is 4.72. The normalized spacial score (nSPS) is 10.8. The Morgan fingerprint density at radius 2 is 1.74 bits per heavy atom. The maximum absolute atomic E-state index is 5.75. The molecule has 0 radical (unpaired) electrons. The van der Waals surface area contributed by atoms with Gasteiger partial charge in [0.2, 0.25) is 0 Å². The van der Waals surface area contributed by atoms with Crippen molar-refractivity contribution in [1.82, 2.24) is 14.8 Å². The molecular weight excluding hydrogens is 236 g/mol. The first-order chi connectivity index (χ1) is 9.36. The molecule has 1 heterocycles. The average Bonchev–Trinajstić information content (AvgIpc) is 2.87. The summed E-state index contributed by atoms with van der Waals surface area (Å²) in [6.07, 6.45) is 5.89. The molecular formula is C15H22N4. The molecule has 0 saturated carbocycles. The smallest absolute Gasteiger partial charge is 0.151 e. The maximum Gasteiger partial charge on any atom is 0.151 e. The first kappa shape index (κ1) is 13.7. The lowest BCUT2D eigenvalue weighted by molar-refractivity contribution is 0.645. The van der Waals surface area contributed by atoms with Crippen molar-refractivity contribution in [3.8, 4) is 5.69 Å². The predicted molar refractivity (Wildman–Crippen MR) is 77.1 cm³/mol. The fraction of sp³-hybridized carbons (Fsp3) is 0.467. The van der Waals surface area contributed by atoms with Gasteiger partial charge in [-0.05, 0) is 18.6 Å². The molecule has 1 aromatic carbocycles. The second kappa shape index (κ2) is 7.04. The van der Waals surface area contributed by atoms with Gasteiger partial charge in [-0.25, -0.2) is 0 Å². The molecule has 2 rings (SSSR count). The van der Waals surface area contributed by atoms with Gasteiger partial charge in [0.15, 0.2) is 5.82 Å². The number of rotatable bonds is 7. The van der Waals surface area contributed by atoms with Crippen molar-refractivity contribution in [2.45, 2.75) is 45.6 Å². The monoisotopic (exact) mass is 258 g/mol. The number of hydrogen-bond acceptors (Lipinski definition) is 3. The number of aromatic nitrogens is 3. The van der Waals surface area contributed by atoms with Gasteiger partial charge in [0.05, 0.1) is 6.54 Å². The average molecular weight is 258 g/mol. The van der Waals surface area contributed by atoms with Gasteiger partial charge < -0.3 is 5.73 Å². The number of unbranched alkanes of at least 4 members (excludes halogenated alkanes) is 3. The number of nitrogens with two attached hydrogens (primary N) is 1. The van der Waals surface area contributed by atoms with Gasteiger partial charge in [-0.3, -0.25) is 4.57 Å². The summed E-state index contributed by atoms with van der Waals surface area (Å²) in [5, 5.41) is 8.49. The van der Waals surface area contributed by atoms with E-state index in [2.05, 4.69) is 33.8 Å². The molecule has 0 saturated heterocycles. The van der Waals surface area contributed by atoms with E-state index in [9.17, 15) is 0 Å². The van der Waals surface area contributed by atoms with Crippen LogP contribution >= 0.6 is 0 Å². The van der Waals surface area contributed by atoms with E-state index in [1.165, 1.54) is 19.3 Å². The summed E-state index contributed by atoms with van der Waals surface area (Å²) in [6, 6.07) is 10.2. The van der Waals surface area contributed by atoms with E-state index in [1.807, 2.05) is 18.2 Å². The van der Waals surface area contributed by atoms with E-state index in [4.69, 9.17) is 5.73 Å². The van der Waals surface area contributed by atoms with Gasteiger partial charge >= 0.3 is 0 Å². The topological polar surface area (TPSA) is 56.7 Å². The lowest BCUT2D eigenvalue weighted by Gasteiger charge is -2.09. The largest absolute Gasteiger partial charge is 0.324 e. The molecule has 0 spiro atoms. The van der Waals surface area contributed by atoms with Crippen LogP contribution in [0, 0.1) is 0 Å². The van der Waals surface area contributed by atoms with Crippen molar-refractivity contribution in [3.63, 3.8) is 0 Å². The van der Waals surface area contributed by atoms with Crippen molar-refractivity contribution < 1.29 is 0 Å². The van der Waals surface area contributed by atoms with E-state index >= 15 is 0 Å². The Morgan fingerprint density at radius 3 is 2.42 bits per heavy atom. The van der Waals surface area contributed by atoms with Crippen molar-refractivity contribution in [2.24, 2.45) is 5.73 Å². The number of aryl methyl sites for hydroxylation is 1. The van der Waals surface area contributed by atoms with Crippen molar-refractivity contribution in [1.29, 1.82) is 0 Å². The number of nitrogens with zero attached hydrogens (tertiary/aromatic N) is 3. The molecule has 4 heteroatoms. The van der Waals surface area contributed by atoms with Crippen LogP contribution in [-0.4, -0.2) is 14.8 Å². The van der Waals surface area contributed by atoms with E-state index < -0.39 is 0 Å². The second-order valence-electron chi connectivity index (χ2n) is 4.72. The van der Waals surface area contributed by atoms with E-state index in [0.29, 0.717) is 6.54 Å². The molecule has 4 nitrogen and oxygen atoms in total. The lowest BCUT2D eigenvalue weighted by atomic mass is 10.1. The minimum absolute atomic E-state index is 0.414. The van der Waals surface area contributed by atoms with E-state index in [-0.39, 0.29) is 0 Å². The van der Waals surface area contributed by atoms with Gasteiger partial charge in [0.25, 0.3) is 0 Å². The zero-order valence-corrected chi connectivity index (χ0v) is 11.5. The van der Waals surface area contributed by atoms with Crippen LogP contribution in [0.25, 0.3) is 5.69 Å². The Labute approximate surface area is 114 Å². The molecule has 2 N–H and O–H groups in total. The molecule has 0 unspecified atom stereocenters. The first-order valence-electron chi connectivity index (χ1n) is 7.05. The van der Waals surface area contributed by atoms with Crippen LogP contribution in [0.2, 0.25) is 0 Å². The highest BCUT2D eigenvalue weighted by Gasteiger charge is 2.11. The molecule has 0 bridgehead atoms. The Balaban J connectivity index is 2.18. The van der Waals surface area contributed by atoms with E-state index in [0.717, 1.165) is 30.2 Å². The van der Waals surface area contributed by atoms with Crippen LogP contribution in [0.5, 0.6) is 0 Å². The first-order valence-corrected chi connectivity index (χ1v) is 7.05. The Morgan fingerprint density at radius 1 is 1.00 bits per heavy atom. The SMILES string of the molecule is CCCCCCc1nnc(CN)n1-c1ccccc1. The molecule has 0 aliphatic heterocycles. The number of benzene rings is 1. The summed E-state index contributed by atoms with van der Waals surface area (Å²) in [7, 11) is 0. The third-order valence-corrected chi connectivity index (χ3v) is 3.25. The zero-order chi connectivity index (χ0) is 13.5. The van der Waals surface area contributed by atoms with Gasteiger partial charge in [-0.15, -0.1) is 10.2 Å². The summed E-state index contributed by atoms with van der Waals surface area (Å²) < 4.78 is 2.09. The molecule has 0 fully saturated rings. The third-order valence-electron chi connectivity index (χ3n) is 3.25. The Bertz CT molecular complexity index is 490. The highest BCUT2D eigenvalue weighted by Crippen LogP contribution is 2.15. The minimum atomic E-state index is 0.414. The Kier molecular flexibility index (Phi) is 5.10. The number of para-hydroxylation sites is 1. The molecule has 0 aliphatic carbocycles. The fourth-order valence-corrected chi connectivity index (χ4v) is 2.23. The van der Waals surface area contributed by atoms with Gasteiger partial charge in [-0.2, -0.15) is 0 Å². The Hall–Kier alpha value is -1.68. The standard InChI is InChI=1S/C15H22N4/c1-2-3-4-8-11-14-17-18-15(12-16)19(14)13-9-6-5-7-10-13/h5-7,9-10H,2-4,8,11-12,16H2,1H3. The third kappa shape index (κ3) is 3.41. The molecule has 0 amide bonds. The van der Waals surface area contributed by atoms with Crippen LogP contribution < -0.4 is 5.73 Å². The van der Waals surface area contributed by atoms with Crippen LogP contribution in [0.4, 0.5) is 0 Å². The molecule has 1 aromatic heterocycles. The molecule has 0 aliphatic rings. The minimum Gasteiger partial charge on any atom is -0.324 e. The van der Waals surface area contributed by atoms with Crippen molar-refractivity contribution in [2.75, 3.05) is 0 Å². The summed E-state index contributed by atoms with van der Waals surface area (Å²) in [5.41, 5.74) is 6.85. The molecule has 0 atom stereocenters. The van der Waals surface area contributed by atoms with Gasteiger partial charge in [0, 0.05) is 12.1 Å². The van der Waals surface area contributed by atoms with Gasteiger partial charge in [0.1, 0.15) is 5.82 Å². The molecule has 19 heavy (non-hydrogen) atoms. The predicted octanol–water partition coefficient (Wildman–Crippen LogP) is 2.85. The fourth-order valence-electron chi connectivity index (χ4n) is 2.23. The van der Waals surface area contributed by atoms with E-state index in [1.54, 1.807) is 0 Å². The highest BCUT2D eigenvalue weighted by molar-refractivity contribution is 5.33. The quantitative estimate of drug-likeness (QED) is 0.777. The summed E-state index contributed by atoms with van der Waals surface area (Å²) in [5.74, 6) is 1.85.